The molecule has 5 nitrogen and oxygen atoms in total. The van der Waals surface area contributed by atoms with E-state index in [9.17, 15) is 19.1 Å². The van der Waals surface area contributed by atoms with E-state index in [1.807, 2.05) is 4.90 Å². The highest BCUT2D eigenvalue weighted by molar-refractivity contribution is 6.22. The average Bonchev–Trinajstić information content (AvgIpc) is 2.84. The molecular formula is C17H21FN2O3. The highest BCUT2D eigenvalue weighted by Crippen LogP contribution is 2.31. The van der Waals surface area contributed by atoms with E-state index in [1.54, 1.807) is 6.07 Å². The first-order valence-electron chi connectivity index (χ1n) is 8.11. The lowest BCUT2D eigenvalue weighted by molar-refractivity contribution is -0.124. The fraction of sp³-hybridized carbons (Fsp3) is 0.529. The number of imide groups is 1. The largest absolute Gasteiger partial charge is 0.396 e. The molecule has 0 aliphatic carbocycles. The van der Waals surface area contributed by atoms with Crippen LogP contribution in [0.15, 0.2) is 24.3 Å². The predicted molar refractivity (Wildman–Crippen MR) is 83.3 cm³/mol. The summed E-state index contributed by atoms with van der Waals surface area (Å²) in [5, 5.41) is 9.22. The van der Waals surface area contributed by atoms with Gasteiger partial charge in [0.25, 0.3) is 5.91 Å². The molecule has 1 aromatic rings. The molecule has 3 rings (SSSR count). The Kier molecular flexibility index (Phi) is 4.73. The number of amides is 2. The molecule has 1 aromatic carbocycles. The van der Waals surface area contributed by atoms with Gasteiger partial charge in [0.2, 0.25) is 5.91 Å². The number of hydrogen-bond acceptors (Lipinski definition) is 4. The maximum atomic E-state index is 14.0. The van der Waals surface area contributed by atoms with Gasteiger partial charge < -0.3 is 5.11 Å². The highest BCUT2D eigenvalue weighted by atomic mass is 19.1. The number of carbonyl (C=O) groups is 2. The van der Waals surface area contributed by atoms with Gasteiger partial charge in [-0.25, -0.2) is 9.29 Å². The topological polar surface area (TPSA) is 60.9 Å². The quantitative estimate of drug-likeness (QED) is 0.858. The van der Waals surface area contributed by atoms with Crippen LogP contribution in [0.1, 0.15) is 32.1 Å². The van der Waals surface area contributed by atoms with Crippen molar-refractivity contribution >= 4 is 17.5 Å². The minimum absolute atomic E-state index is 0.0284. The third kappa shape index (κ3) is 3.01. The van der Waals surface area contributed by atoms with E-state index in [0.717, 1.165) is 30.7 Å². The van der Waals surface area contributed by atoms with Crippen LogP contribution >= 0.6 is 0 Å². The van der Waals surface area contributed by atoms with E-state index < -0.39 is 11.9 Å². The molecule has 2 heterocycles. The first kappa shape index (κ1) is 16.1. The number of nitrogens with zero attached hydrogens (tertiary/aromatic N) is 2. The zero-order valence-corrected chi connectivity index (χ0v) is 12.9. The number of halogens is 1. The fourth-order valence-electron chi connectivity index (χ4n) is 3.65. The third-order valence-corrected chi connectivity index (χ3v) is 4.75. The fourth-order valence-corrected chi connectivity index (χ4v) is 3.65. The maximum absolute atomic E-state index is 14.0. The Balaban J connectivity index is 1.84. The molecule has 0 bridgehead atoms. The van der Waals surface area contributed by atoms with E-state index in [-0.39, 0.29) is 36.6 Å². The van der Waals surface area contributed by atoms with E-state index in [4.69, 9.17) is 0 Å². The minimum Gasteiger partial charge on any atom is -0.396 e. The Morgan fingerprint density at radius 2 is 2.00 bits per heavy atom. The second-order valence-electron chi connectivity index (χ2n) is 6.14. The van der Waals surface area contributed by atoms with Gasteiger partial charge in [-0.2, -0.15) is 0 Å². The second-order valence-corrected chi connectivity index (χ2v) is 6.14. The molecule has 1 N–H and O–H groups in total. The third-order valence-electron chi connectivity index (χ3n) is 4.75. The van der Waals surface area contributed by atoms with E-state index >= 15 is 0 Å². The van der Waals surface area contributed by atoms with Crippen molar-refractivity contribution < 1.29 is 19.1 Å². The molecule has 2 amide bonds. The summed E-state index contributed by atoms with van der Waals surface area (Å²) in [7, 11) is 0. The minimum atomic E-state index is -0.569. The van der Waals surface area contributed by atoms with Crippen molar-refractivity contribution in [1.82, 2.24) is 4.90 Å². The van der Waals surface area contributed by atoms with Gasteiger partial charge in [0.05, 0.1) is 18.2 Å². The summed E-state index contributed by atoms with van der Waals surface area (Å²) < 4.78 is 14.0. The number of carbonyl (C=O) groups excluding carboxylic acids is 2. The molecule has 23 heavy (non-hydrogen) atoms. The molecule has 0 saturated carbocycles. The lowest BCUT2D eigenvalue weighted by Crippen LogP contribution is -2.50. The normalized spacial score (nSPS) is 26.1. The van der Waals surface area contributed by atoms with E-state index in [0.29, 0.717) is 6.42 Å². The van der Waals surface area contributed by atoms with Crippen LogP contribution in [-0.2, 0) is 9.59 Å². The first-order valence-corrected chi connectivity index (χ1v) is 8.11. The number of likely N-dealkylation sites (tertiary alicyclic amines) is 1. The molecule has 2 atom stereocenters. The number of piperidine rings is 1. The van der Waals surface area contributed by atoms with Crippen LogP contribution in [0.5, 0.6) is 0 Å². The summed E-state index contributed by atoms with van der Waals surface area (Å²) in [6.45, 7) is 0.798. The van der Waals surface area contributed by atoms with E-state index in [2.05, 4.69) is 0 Å². The van der Waals surface area contributed by atoms with Crippen molar-refractivity contribution in [3.63, 3.8) is 0 Å². The molecule has 6 heteroatoms. The number of benzene rings is 1. The SMILES string of the molecule is O=C1C[C@H](N2CCCC[C@@H]2CCO)C(=O)N1c1ccccc1F. The second kappa shape index (κ2) is 6.76. The van der Waals surface area contributed by atoms with Crippen molar-refractivity contribution in [2.24, 2.45) is 0 Å². The zero-order chi connectivity index (χ0) is 16.4. The first-order chi connectivity index (χ1) is 11.1. The van der Waals surface area contributed by atoms with Crippen molar-refractivity contribution in [3.8, 4) is 0 Å². The van der Waals surface area contributed by atoms with E-state index in [1.165, 1.54) is 18.2 Å². The number of para-hydroxylation sites is 1. The van der Waals surface area contributed by atoms with Crippen molar-refractivity contribution in [2.45, 2.75) is 44.2 Å². The van der Waals surface area contributed by atoms with Gasteiger partial charge in [0, 0.05) is 12.6 Å². The summed E-state index contributed by atoms with van der Waals surface area (Å²) in [6.07, 6.45) is 3.62. The van der Waals surface area contributed by atoms with Crippen molar-refractivity contribution in [2.75, 3.05) is 18.1 Å². The molecular weight excluding hydrogens is 299 g/mol. The van der Waals surface area contributed by atoms with Crippen LogP contribution < -0.4 is 4.90 Å². The highest BCUT2D eigenvalue weighted by Gasteiger charge is 2.45. The van der Waals surface area contributed by atoms with Gasteiger partial charge in [0.15, 0.2) is 0 Å². The Morgan fingerprint density at radius 1 is 1.22 bits per heavy atom. The van der Waals surface area contributed by atoms with Gasteiger partial charge in [-0.05, 0) is 37.9 Å². The van der Waals surface area contributed by atoms with Crippen molar-refractivity contribution in [1.29, 1.82) is 0 Å². The Hall–Kier alpha value is -1.79. The van der Waals surface area contributed by atoms with Crippen molar-refractivity contribution in [3.05, 3.63) is 30.1 Å². The van der Waals surface area contributed by atoms with Gasteiger partial charge in [-0.15, -0.1) is 0 Å². The lowest BCUT2D eigenvalue weighted by atomic mass is 9.97. The van der Waals surface area contributed by atoms with Crippen LogP contribution in [0.3, 0.4) is 0 Å². The smallest absolute Gasteiger partial charge is 0.251 e. The summed E-state index contributed by atoms with van der Waals surface area (Å²) >= 11 is 0. The molecule has 0 unspecified atom stereocenters. The summed E-state index contributed by atoms with van der Waals surface area (Å²) in [5.41, 5.74) is 0.0284. The molecule has 0 radical (unpaired) electrons. The standard InChI is InChI=1S/C17H21FN2O3/c18-13-6-1-2-7-14(13)20-16(22)11-15(17(20)23)19-9-4-3-5-12(19)8-10-21/h1-2,6-7,12,15,21H,3-5,8-11H2/t12-,15+/m1/s1. The molecule has 2 fully saturated rings. The molecule has 124 valence electrons. The number of aliphatic hydroxyl groups excluding tert-OH is 1. The molecule has 0 spiro atoms. The number of anilines is 1. The van der Waals surface area contributed by atoms with Crippen LogP contribution in [-0.4, -0.2) is 47.1 Å². The Bertz CT molecular complexity index is 605. The van der Waals surface area contributed by atoms with Gasteiger partial charge >= 0.3 is 0 Å². The van der Waals surface area contributed by atoms with Gasteiger partial charge in [0.1, 0.15) is 5.82 Å². The number of rotatable bonds is 4. The molecule has 2 saturated heterocycles. The molecule has 2 aliphatic rings. The van der Waals surface area contributed by atoms with Gasteiger partial charge in [-0.1, -0.05) is 18.6 Å². The predicted octanol–water partition coefficient (Wildman–Crippen LogP) is 1.69. The Labute approximate surface area is 134 Å². The zero-order valence-electron chi connectivity index (χ0n) is 12.9. The monoisotopic (exact) mass is 320 g/mol. The number of aliphatic hydroxyl groups is 1. The Morgan fingerprint density at radius 3 is 2.74 bits per heavy atom. The number of hydrogen-bond donors (Lipinski definition) is 1. The lowest BCUT2D eigenvalue weighted by Gasteiger charge is -2.38. The van der Waals surface area contributed by atoms with Crippen LogP contribution in [0.4, 0.5) is 10.1 Å². The van der Waals surface area contributed by atoms with Crippen LogP contribution in [0.2, 0.25) is 0 Å². The van der Waals surface area contributed by atoms with Crippen LogP contribution in [0, 0.1) is 5.82 Å². The van der Waals surface area contributed by atoms with Crippen LogP contribution in [0.25, 0.3) is 0 Å². The summed E-state index contributed by atoms with van der Waals surface area (Å²) in [6, 6.07) is 5.41. The average molecular weight is 320 g/mol. The summed E-state index contributed by atoms with van der Waals surface area (Å²) in [4.78, 5) is 28.1. The maximum Gasteiger partial charge on any atom is 0.251 e. The summed E-state index contributed by atoms with van der Waals surface area (Å²) in [5.74, 6) is -1.29. The van der Waals surface area contributed by atoms with Gasteiger partial charge in [-0.3, -0.25) is 14.5 Å². The molecule has 2 aliphatic heterocycles. The molecule has 0 aromatic heterocycles.